The van der Waals surface area contributed by atoms with E-state index in [0.29, 0.717) is 13.1 Å². The van der Waals surface area contributed by atoms with E-state index in [-0.39, 0.29) is 13.0 Å². The summed E-state index contributed by atoms with van der Waals surface area (Å²) in [5.74, 6) is -2.59. The standard InChI is InChI=1S/C29H30F2N8/c1-37-9-11-39(12-10-37)26-16-32-15-25-21(26)14-24(33-25)28-27-23(35-36-28)6-5-22(34-27)20-4-2-3-19(13-20)17-38-8-7-29(30,31)18-38/h2-6,13-16,33H,7-12,17-18H2,1H3,(H,35,36). The molecule has 0 aliphatic carbocycles. The molecule has 39 heavy (non-hydrogen) atoms. The van der Waals surface area contributed by atoms with E-state index in [1.165, 1.54) is 0 Å². The Kier molecular flexibility index (Phi) is 5.82. The molecular formula is C29H30F2N8. The average Bonchev–Trinajstić information content (AvgIpc) is 3.64. The number of hydrogen-bond donors (Lipinski definition) is 2. The van der Waals surface area contributed by atoms with E-state index in [2.05, 4.69) is 43.1 Å². The molecule has 1 aromatic carbocycles. The Morgan fingerprint density at radius 2 is 1.85 bits per heavy atom. The SMILES string of the molecule is CN1CCN(c2cncc3[nH]c(-c4n[nH]c5ccc(-c6cccc(CN7CCC(F)(F)C7)c6)nc45)cc23)CC1. The molecule has 7 rings (SSSR count). The molecule has 200 valence electrons. The fourth-order valence-corrected chi connectivity index (χ4v) is 5.74. The predicted molar refractivity (Wildman–Crippen MR) is 149 cm³/mol. The Morgan fingerprint density at radius 1 is 0.974 bits per heavy atom. The third-order valence-electron chi connectivity index (χ3n) is 7.91. The first kappa shape index (κ1) is 24.2. The van der Waals surface area contributed by atoms with Gasteiger partial charge in [0.15, 0.2) is 0 Å². The Hall–Kier alpha value is -3.89. The van der Waals surface area contributed by atoms with E-state index in [0.717, 1.165) is 82.0 Å². The van der Waals surface area contributed by atoms with Crippen LogP contribution < -0.4 is 4.90 Å². The highest BCUT2D eigenvalue weighted by Gasteiger charge is 2.37. The van der Waals surface area contributed by atoms with Crippen LogP contribution in [0.3, 0.4) is 0 Å². The fraction of sp³-hybridized carbons (Fsp3) is 0.345. The van der Waals surface area contributed by atoms with Gasteiger partial charge in [-0.1, -0.05) is 18.2 Å². The van der Waals surface area contributed by atoms with Gasteiger partial charge in [-0.2, -0.15) is 5.10 Å². The van der Waals surface area contributed by atoms with E-state index in [1.807, 2.05) is 53.7 Å². The van der Waals surface area contributed by atoms with Crippen molar-refractivity contribution in [1.82, 2.24) is 34.9 Å². The Bertz CT molecular complexity index is 1650. The second-order valence-corrected chi connectivity index (χ2v) is 10.8. The number of fused-ring (bicyclic) bond motifs is 2. The molecule has 0 unspecified atom stereocenters. The molecule has 0 spiro atoms. The summed E-state index contributed by atoms with van der Waals surface area (Å²) in [5.41, 5.74) is 8.12. The molecule has 4 aromatic heterocycles. The van der Waals surface area contributed by atoms with Crippen molar-refractivity contribution < 1.29 is 8.78 Å². The number of piperazine rings is 1. The molecule has 10 heteroatoms. The highest BCUT2D eigenvalue weighted by molar-refractivity contribution is 5.98. The van der Waals surface area contributed by atoms with Crippen molar-refractivity contribution in [3.63, 3.8) is 0 Å². The highest BCUT2D eigenvalue weighted by atomic mass is 19.3. The number of aromatic nitrogens is 5. The predicted octanol–water partition coefficient (Wildman–Crippen LogP) is 4.76. The number of aromatic amines is 2. The van der Waals surface area contributed by atoms with E-state index in [9.17, 15) is 8.78 Å². The second kappa shape index (κ2) is 9.39. The van der Waals surface area contributed by atoms with Crippen LogP contribution >= 0.6 is 0 Å². The van der Waals surface area contributed by atoms with Crippen LogP contribution in [0.4, 0.5) is 14.5 Å². The lowest BCUT2D eigenvalue weighted by Gasteiger charge is -2.34. The molecule has 0 radical (unpaired) electrons. The summed E-state index contributed by atoms with van der Waals surface area (Å²) in [6.45, 7) is 4.71. The van der Waals surface area contributed by atoms with Crippen molar-refractivity contribution >= 4 is 27.6 Å². The lowest BCUT2D eigenvalue weighted by molar-refractivity contribution is 0.0115. The van der Waals surface area contributed by atoms with Gasteiger partial charge < -0.3 is 14.8 Å². The molecule has 2 aliphatic heterocycles. The molecule has 2 saturated heterocycles. The zero-order chi connectivity index (χ0) is 26.6. The Labute approximate surface area is 224 Å². The minimum atomic E-state index is -2.59. The number of rotatable bonds is 5. The molecule has 6 heterocycles. The first-order chi connectivity index (χ1) is 18.9. The number of alkyl halides is 2. The van der Waals surface area contributed by atoms with Crippen molar-refractivity contribution in [1.29, 1.82) is 0 Å². The number of likely N-dealkylation sites (N-methyl/N-ethyl adjacent to an activating group) is 1. The summed E-state index contributed by atoms with van der Waals surface area (Å²) in [5, 5.41) is 8.85. The van der Waals surface area contributed by atoms with Crippen LogP contribution in [0.5, 0.6) is 0 Å². The first-order valence-corrected chi connectivity index (χ1v) is 13.4. The van der Waals surface area contributed by atoms with Gasteiger partial charge in [-0.25, -0.2) is 13.8 Å². The van der Waals surface area contributed by atoms with Gasteiger partial charge in [-0.05, 0) is 36.9 Å². The van der Waals surface area contributed by atoms with Gasteiger partial charge in [0.05, 0.1) is 47.0 Å². The minimum absolute atomic E-state index is 0.0745. The van der Waals surface area contributed by atoms with Crippen molar-refractivity contribution in [2.24, 2.45) is 0 Å². The van der Waals surface area contributed by atoms with Crippen LogP contribution in [-0.4, -0.2) is 87.2 Å². The van der Waals surface area contributed by atoms with Crippen LogP contribution in [0, 0.1) is 0 Å². The number of halogens is 2. The maximum Gasteiger partial charge on any atom is 0.261 e. The molecule has 2 fully saturated rings. The summed E-state index contributed by atoms with van der Waals surface area (Å²) in [6, 6.07) is 14.1. The molecule has 0 bridgehead atoms. The third kappa shape index (κ3) is 4.63. The minimum Gasteiger partial charge on any atom is -0.367 e. The van der Waals surface area contributed by atoms with Gasteiger partial charge >= 0.3 is 0 Å². The van der Waals surface area contributed by atoms with Gasteiger partial charge in [0.2, 0.25) is 0 Å². The number of benzene rings is 1. The van der Waals surface area contributed by atoms with Crippen LogP contribution in [0.2, 0.25) is 0 Å². The van der Waals surface area contributed by atoms with Gasteiger partial charge in [0, 0.05) is 56.6 Å². The van der Waals surface area contributed by atoms with E-state index >= 15 is 0 Å². The quantitative estimate of drug-likeness (QED) is 0.343. The summed E-state index contributed by atoms with van der Waals surface area (Å²) in [6.07, 6.45) is 3.73. The molecule has 0 saturated carbocycles. The first-order valence-electron chi connectivity index (χ1n) is 13.4. The van der Waals surface area contributed by atoms with E-state index in [1.54, 1.807) is 0 Å². The maximum atomic E-state index is 13.7. The summed E-state index contributed by atoms with van der Waals surface area (Å²) in [7, 11) is 2.15. The average molecular weight is 529 g/mol. The van der Waals surface area contributed by atoms with Crippen LogP contribution in [-0.2, 0) is 6.54 Å². The number of anilines is 1. The van der Waals surface area contributed by atoms with Crippen molar-refractivity contribution in [2.75, 3.05) is 51.2 Å². The van der Waals surface area contributed by atoms with Gasteiger partial charge in [0.25, 0.3) is 5.92 Å². The van der Waals surface area contributed by atoms with Crippen LogP contribution in [0.1, 0.15) is 12.0 Å². The molecular weight excluding hydrogens is 498 g/mol. The number of nitrogens with zero attached hydrogens (tertiary/aromatic N) is 6. The summed E-state index contributed by atoms with van der Waals surface area (Å²) >= 11 is 0. The molecule has 2 aliphatic rings. The van der Waals surface area contributed by atoms with Crippen LogP contribution in [0.15, 0.2) is 54.9 Å². The number of likely N-dealkylation sites (tertiary alicyclic amines) is 1. The third-order valence-corrected chi connectivity index (χ3v) is 7.91. The molecule has 0 amide bonds. The Morgan fingerprint density at radius 3 is 2.67 bits per heavy atom. The Balaban J connectivity index is 1.21. The topological polar surface area (TPSA) is 80.0 Å². The monoisotopic (exact) mass is 528 g/mol. The smallest absolute Gasteiger partial charge is 0.261 e. The largest absolute Gasteiger partial charge is 0.367 e. The van der Waals surface area contributed by atoms with Crippen molar-refractivity contribution in [3.05, 3.63) is 60.4 Å². The highest BCUT2D eigenvalue weighted by Crippen LogP contribution is 2.34. The van der Waals surface area contributed by atoms with Gasteiger partial charge in [-0.3, -0.25) is 15.0 Å². The number of hydrogen-bond acceptors (Lipinski definition) is 6. The fourth-order valence-electron chi connectivity index (χ4n) is 5.74. The zero-order valence-corrected chi connectivity index (χ0v) is 21.8. The van der Waals surface area contributed by atoms with Crippen molar-refractivity contribution in [3.8, 4) is 22.6 Å². The summed E-state index contributed by atoms with van der Waals surface area (Å²) < 4.78 is 27.3. The zero-order valence-electron chi connectivity index (χ0n) is 21.8. The number of H-pyrrole nitrogens is 2. The van der Waals surface area contributed by atoms with Gasteiger partial charge in [-0.15, -0.1) is 0 Å². The van der Waals surface area contributed by atoms with Gasteiger partial charge in [0.1, 0.15) is 11.2 Å². The normalized spacial score (nSPS) is 18.5. The lowest BCUT2D eigenvalue weighted by Crippen LogP contribution is -2.44. The molecule has 2 N–H and O–H groups in total. The lowest BCUT2D eigenvalue weighted by atomic mass is 10.1. The maximum absolute atomic E-state index is 13.7. The van der Waals surface area contributed by atoms with Crippen molar-refractivity contribution in [2.45, 2.75) is 18.9 Å². The molecule has 0 atom stereocenters. The number of pyridine rings is 2. The summed E-state index contributed by atoms with van der Waals surface area (Å²) in [4.78, 5) is 19.5. The second-order valence-electron chi connectivity index (χ2n) is 10.8. The van der Waals surface area contributed by atoms with Crippen LogP contribution in [0.25, 0.3) is 44.6 Å². The van der Waals surface area contributed by atoms with E-state index in [4.69, 9.17) is 4.98 Å². The van der Waals surface area contributed by atoms with E-state index < -0.39 is 5.92 Å². The number of nitrogens with one attached hydrogen (secondary N) is 2. The molecule has 8 nitrogen and oxygen atoms in total. The molecule has 5 aromatic rings.